The fraction of sp³-hybridized carbons (Fsp3) is 0.667. The topological polar surface area (TPSA) is 66.9 Å². The van der Waals surface area contributed by atoms with Gasteiger partial charge < -0.3 is 10.6 Å². The molecular weight excluding hydrogens is 248 g/mol. The molecule has 1 aromatic heterocycles. The highest BCUT2D eigenvalue weighted by molar-refractivity contribution is 7.84. The van der Waals surface area contributed by atoms with E-state index >= 15 is 0 Å². The largest absolute Gasteiger partial charge is 0.370 e. The molecule has 0 aliphatic carbocycles. The molecule has 0 aliphatic rings. The van der Waals surface area contributed by atoms with E-state index in [9.17, 15) is 4.21 Å². The summed E-state index contributed by atoms with van der Waals surface area (Å²) in [5.41, 5.74) is 0. The Labute approximate surface area is 111 Å². The van der Waals surface area contributed by atoms with E-state index in [0.29, 0.717) is 6.54 Å². The minimum atomic E-state index is -0.821. The molecule has 0 amide bonds. The first-order valence-corrected chi connectivity index (χ1v) is 7.86. The summed E-state index contributed by atoms with van der Waals surface area (Å²) in [6.07, 6.45) is 2.51. The predicted molar refractivity (Wildman–Crippen MR) is 77.6 cm³/mol. The lowest BCUT2D eigenvalue weighted by atomic mass is 10.4. The van der Waals surface area contributed by atoms with Crippen LogP contribution in [-0.2, 0) is 17.2 Å². The van der Waals surface area contributed by atoms with Crippen molar-refractivity contribution in [3.63, 3.8) is 0 Å². The van der Waals surface area contributed by atoms with Crippen LogP contribution in [0.3, 0.4) is 0 Å². The Morgan fingerprint density at radius 1 is 1.28 bits per heavy atom. The molecule has 0 fully saturated rings. The fourth-order valence-electron chi connectivity index (χ4n) is 1.38. The Morgan fingerprint density at radius 2 is 1.89 bits per heavy atom. The summed E-state index contributed by atoms with van der Waals surface area (Å²) in [6.45, 7) is 7.49. The van der Waals surface area contributed by atoms with Crippen LogP contribution in [0.5, 0.6) is 0 Å². The van der Waals surface area contributed by atoms with E-state index in [1.165, 1.54) is 0 Å². The summed E-state index contributed by atoms with van der Waals surface area (Å²) in [7, 11) is -0.821. The van der Waals surface area contributed by atoms with Crippen molar-refractivity contribution >= 4 is 22.4 Å². The molecule has 0 saturated carbocycles. The molecule has 102 valence electrons. The summed E-state index contributed by atoms with van der Waals surface area (Å²) in [5, 5.41) is 6.50. The summed E-state index contributed by atoms with van der Waals surface area (Å²) in [6, 6.07) is 1.88. The summed E-state index contributed by atoms with van der Waals surface area (Å²) in [5.74, 6) is 2.42. The van der Waals surface area contributed by atoms with Crippen LogP contribution in [0, 0.1) is 0 Å². The molecule has 0 saturated heterocycles. The van der Waals surface area contributed by atoms with Crippen LogP contribution in [0.25, 0.3) is 0 Å². The molecule has 2 unspecified atom stereocenters. The Balaban J connectivity index is 2.74. The van der Waals surface area contributed by atoms with E-state index in [4.69, 9.17) is 0 Å². The molecule has 5 nitrogen and oxygen atoms in total. The van der Waals surface area contributed by atoms with Gasteiger partial charge in [0.1, 0.15) is 17.5 Å². The molecule has 1 heterocycles. The molecule has 0 spiro atoms. The molecule has 1 aromatic rings. The zero-order valence-electron chi connectivity index (χ0n) is 11.5. The van der Waals surface area contributed by atoms with E-state index in [2.05, 4.69) is 20.6 Å². The van der Waals surface area contributed by atoms with Crippen molar-refractivity contribution in [3.05, 3.63) is 11.9 Å². The van der Waals surface area contributed by atoms with Crippen molar-refractivity contribution in [2.24, 2.45) is 0 Å². The number of hydrogen-bond donors (Lipinski definition) is 2. The van der Waals surface area contributed by atoms with Crippen LogP contribution in [0.1, 0.15) is 26.6 Å². The smallest absolute Gasteiger partial charge is 0.132 e. The normalized spacial score (nSPS) is 14.0. The molecule has 1 rings (SSSR count). The van der Waals surface area contributed by atoms with Gasteiger partial charge in [-0.1, -0.05) is 6.92 Å². The minimum absolute atomic E-state index is 0.104. The van der Waals surface area contributed by atoms with Crippen LogP contribution in [0.4, 0.5) is 11.6 Å². The third-order valence-corrected chi connectivity index (χ3v) is 3.88. The second-order valence-electron chi connectivity index (χ2n) is 4.13. The second-order valence-corrected chi connectivity index (χ2v) is 5.93. The van der Waals surface area contributed by atoms with Crippen LogP contribution in [0.15, 0.2) is 6.07 Å². The van der Waals surface area contributed by atoms with Crippen molar-refractivity contribution in [1.29, 1.82) is 0 Å². The van der Waals surface area contributed by atoms with Crippen LogP contribution >= 0.6 is 0 Å². The summed E-state index contributed by atoms with van der Waals surface area (Å²) in [4.78, 5) is 8.79. The predicted octanol–water partition coefficient (Wildman–Crippen LogP) is 1.65. The number of nitrogens with one attached hydrogen (secondary N) is 2. The third kappa shape index (κ3) is 4.60. The Morgan fingerprint density at radius 3 is 2.39 bits per heavy atom. The monoisotopic (exact) mass is 270 g/mol. The first kappa shape index (κ1) is 14.9. The number of aryl methyl sites for hydroxylation is 1. The maximum absolute atomic E-state index is 11.3. The maximum atomic E-state index is 11.3. The van der Waals surface area contributed by atoms with Gasteiger partial charge in [0.05, 0.1) is 0 Å². The number of nitrogens with zero attached hydrogens (tertiary/aromatic N) is 2. The maximum Gasteiger partial charge on any atom is 0.132 e. The van der Waals surface area contributed by atoms with Gasteiger partial charge in [-0.25, -0.2) is 9.97 Å². The first-order valence-electron chi connectivity index (χ1n) is 6.24. The molecule has 0 aliphatic heterocycles. The number of anilines is 2. The molecule has 2 N–H and O–H groups in total. The van der Waals surface area contributed by atoms with Crippen molar-refractivity contribution in [2.45, 2.75) is 32.4 Å². The van der Waals surface area contributed by atoms with Gasteiger partial charge in [0, 0.05) is 47.9 Å². The standard InChI is InChI=1S/C12H22N4OS/c1-5-10-15-11(13-6-2)7-12(16-10)14-8-9(3)18(4)17/h7,9H,5-6,8H2,1-4H3,(H2,13,14,15,16). The highest BCUT2D eigenvalue weighted by Gasteiger charge is 2.07. The van der Waals surface area contributed by atoms with Gasteiger partial charge in [-0.2, -0.15) is 0 Å². The molecule has 0 radical (unpaired) electrons. The number of rotatable bonds is 7. The van der Waals surface area contributed by atoms with Gasteiger partial charge in [-0.15, -0.1) is 0 Å². The lowest BCUT2D eigenvalue weighted by Gasteiger charge is -2.12. The van der Waals surface area contributed by atoms with Crippen molar-refractivity contribution < 1.29 is 4.21 Å². The zero-order chi connectivity index (χ0) is 13.5. The average Bonchev–Trinajstić information content (AvgIpc) is 2.35. The summed E-state index contributed by atoms with van der Waals surface area (Å²) >= 11 is 0. The van der Waals surface area contributed by atoms with E-state index < -0.39 is 10.8 Å². The summed E-state index contributed by atoms with van der Waals surface area (Å²) < 4.78 is 11.3. The van der Waals surface area contributed by atoms with Gasteiger partial charge in [0.25, 0.3) is 0 Å². The Bertz CT molecular complexity index is 411. The van der Waals surface area contributed by atoms with E-state index in [1.807, 2.05) is 26.8 Å². The molecule has 6 heteroatoms. The highest BCUT2D eigenvalue weighted by atomic mass is 32.2. The molecule has 18 heavy (non-hydrogen) atoms. The number of aromatic nitrogens is 2. The zero-order valence-corrected chi connectivity index (χ0v) is 12.3. The van der Waals surface area contributed by atoms with Gasteiger partial charge in [-0.05, 0) is 13.8 Å². The van der Waals surface area contributed by atoms with Crippen molar-refractivity contribution in [1.82, 2.24) is 9.97 Å². The first-order chi connectivity index (χ1) is 8.56. The SMILES string of the molecule is CCNc1cc(NCC(C)S(C)=O)nc(CC)n1. The van der Waals surface area contributed by atoms with Crippen molar-refractivity contribution in [3.8, 4) is 0 Å². The molecule has 0 bridgehead atoms. The highest BCUT2D eigenvalue weighted by Crippen LogP contribution is 2.12. The average molecular weight is 270 g/mol. The van der Waals surface area contributed by atoms with E-state index in [1.54, 1.807) is 6.26 Å². The van der Waals surface area contributed by atoms with E-state index in [0.717, 1.165) is 30.4 Å². The van der Waals surface area contributed by atoms with Gasteiger partial charge in [0.2, 0.25) is 0 Å². The fourth-order valence-corrected chi connectivity index (χ4v) is 1.70. The van der Waals surface area contributed by atoms with Crippen LogP contribution in [0.2, 0.25) is 0 Å². The third-order valence-electron chi connectivity index (χ3n) is 2.58. The molecular formula is C12H22N4OS. The quantitative estimate of drug-likeness (QED) is 0.788. The molecule has 0 aromatic carbocycles. The Hall–Kier alpha value is -1.17. The van der Waals surface area contributed by atoms with Crippen LogP contribution in [-0.4, -0.2) is 38.8 Å². The van der Waals surface area contributed by atoms with Gasteiger partial charge in [0.15, 0.2) is 0 Å². The van der Waals surface area contributed by atoms with Gasteiger partial charge in [-0.3, -0.25) is 4.21 Å². The lowest BCUT2D eigenvalue weighted by Crippen LogP contribution is -2.21. The van der Waals surface area contributed by atoms with Gasteiger partial charge >= 0.3 is 0 Å². The second kappa shape index (κ2) is 7.31. The lowest BCUT2D eigenvalue weighted by molar-refractivity contribution is 0.678. The van der Waals surface area contributed by atoms with Crippen molar-refractivity contribution in [2.75, 3.05) is 30.0 Å². The van der Waals surface area contributed by atoms with E-state index in [-0.39, 0.29) is 5.25 Å². The Kier molecular flexibility index (Phi) is 6.04. The van der Waals surface area contributed by atoms with Crippen LogP contribution < -0.4 is 10.6 Å². The molecule has 2 atom stereocenters. The minimum Gasteiger partial charge on any atom is -0.370 e. The number of hydrogen-bond acceptors (Lipinski definition) is 5.